The van der Waals surface area contributed by atoms with Crippen LogP contribution in [0.25, 0.3) is 0 Å². The largest absolute Gasteiger partial charge is 0.493 e. The third-order valence-corrected chi connectivity index (χ3v) is 3.97. The molecular weight excluding hydrogens is 364 g/mol. The lowest BCUT2D eigenvalue weighted by molar-refractivity contribution is -0.123. The van der Waals surface area contributed by atoms with E-state index in [0.717, 1.165) is 11.1 Å². The SMILES string of the molecule is COc1cc(C(=O)NNC(=O)COc2cc(C)cc(C)c2)cc2c1OCCO2. The molecule has 2 aromatic carbocycles. The number of nitrogens with one attached hydrogen (secondary N) is 2. The molecule has 0 fully saturated rings. The van der Waals surface area contributed by atoms with E-state index in [4.69, 9.17) is 18.9 Å². The number of methoxy groups -OCH3 is 1. The summed E-state index contributed by atoms with van der Waals surface area (Å²) in [6.45, 7) is 4.45. The predicted octanol–water partition coefficient (Wildman–Crippen LogP) is 1.92. The lowest BCUT2D eigenvalue weighted by Crippen LogP contribution is -2.43. The van der Waals surface area contributed by atoms with E-state index < -0.39 is 11.8 Å². The van der Waals surface area contributed by atoms with Crippen LogP contribution in [-0.4, -0.2) is 38.7 Å². The molecule has 0 radical (unpaired) electrons. The molecule has 0 bridgehead atoms. The van der Waals surface area contributed by atoms with Crippen molar-refractivity contribution in [3.8, 4) is 23.0 Å². The average molecular weight is 386 g/mol. The average Bonchev–Trinajstić information content (AvgIpc) is 2.68. The molecule has 0 unspecified atom stereocenters. The number of hydrogen-bond donors (Lipinski definition) is 2. The van der Waals surface area contributed by atoms with Crippen LogP contribution in [0.15, 0.2) is 30.3 Å². The standard InChI is InChI=1S/C20H22N2O6/c1-12-6-13(2)8-15(7-12)28-11-18(23)21-22-20(24)14-9-16(25-3)19-17(10-14)26-4-5-27-19/h6-10H,4-5,11H2,1-3H3,(H,21,23)(H,22,24). The van der Waals surface area contributed by atoms with Crippen molar-refractivity contribution in [3.05, 3.63) is 47.0 Å². The molecule has 1 heterocycles. The van der Waals surface area contributed by atoms with E-state index in [1.54, 1.807) is 0 Å². The van der Waals surface area contributed by atoms with Gasteiger partial charge in [-0.1, -0.05) is 6.07 Å². The maximum absolute atomic E-state index is 12.3. The molecule has 8 nitrogen and oxygen atoms in total. The van der Waals surface area contributed by atoms with Crippen molar-refractivity contribution in [1.29, 1.82) is 0 Å². The zero-order chi connectivity index (χ0) is 20.1. The van der Waals surface area contributed by atoms with Gasteiger partial charge in [0.1, 0.15) is 19.0 Å². The highest BCUT2D eigenvalue weighted by Gasteiger charge is 2.21. The van der Waals surface area contributed by atoms with Crippen LogP contribution in [0.1, 0.15) is 21.5 Å². The maximum Gasteiger partial charge on any atom is 0.276 e. The van der Waals surface area contributed by atoms with Gasteiger partial charge in [-0.2, -0.15) is 0 Å². The monoisotopic (exact) mass is 386 g/mol. The van der Waals surface area contributed by atoms with Gasteiger partial charge in [-0.05, 0) is 49.2 Å². The van der Waals surface area contributed by atoms with E-state index in [0.29, 0.717) is 36.2 Å². The number of amides is 2. The highest BCUT2D eigenvalue weighted by atomic mass is 16.6. The second-order valence-electron chi connectivity index (χ2n) is 6.32. The summed E-state index contributed by atoms with van der Waals surface area (Å²) < 4.78 is 21.7. The summed E-state index contributed by atoms with van der Waals surface area (Å²) >= 11 is 0. The normalized spacial score (nSPS) is 12.1. The summed E-state index contributed by atoms with van der Waals surface area (Å²) in [6, 6.07) is 8.72. The van der Waals surface area contributed by atoms with Gasteiger partial charge in [0.2, 0.25) is 5.75 Å². The Morgan fingerprint density at radius 1 is 1.00 bits per heavy atom. The minimum Gasteiger partial charge on any atom is -0.493 e. The van der Waals surface area contributed by atoms with Gasteiger partial charge in [0.15, 0.2) is 18.1 Å². The van der Waals surface area contributed by atoms with Crippen molar-refractivity contribution in [2.24, 2.45) is 0 Å². The first-order valence-electron chi connectivity index (χ1n) is 8.74. The van der Waals surface area contributed by atoms with Gasteiger partial charge in [-0.15, -0.1) is 0 Å². The molecule has 0 aliphatic carbocycles. The van der Waals surface area contributed by atoms with Crippen LogP contribution < -0.4 is 29.8 Å². The number of rotatable bonds is 5. The Bertz CT molecular complexity index is 859. The van der Waals surface area contributed by atoms with Crippen molar-refractivity contribution < 1.29 is 28.5 Å². The number of carbonyl (C=O) groups excluding carboxylic acids is 2. The minimum atomic E-state index is -0.518. The van der Waals surface area contributed by atoms with E-state index in [1.807, 2.05) is 32.0 Å². The van der Waals surface area contributed by atoms with E-state index in [1.165, 1.54) is 19.2 Å². The topological polar surface area (TPSA) is 95.1 Å². The molecule has 0 atom stereocenters. The second kappa shape index (κ2) is 8.51. The van der Waals surface area contributed by atoms with Crippen molar-refractivity contribution >= 4 is 11.8 Å². The molecule has 28 heavy (non-hydrogen) atoms. The van der Waals surface area contributed by atoms with E-state index >= 15 is 0 Å². The van der Waals surface area contributed by atoms with Crippen molar-refractivity contribution in [1.82, 2.24) is 10.9 Å². The first kappa shape index (κ1) is 19.3. The van der Waals surface area contributed by atoms with Gasteiger partial charge in [0, 0.05) is 5.56 Å². The molecule has 3 rings (SSSR count). The Morgan fingerprint density at radius 2 is 1.71 bits per heavy atom. The van der Waals surface area contributed by atoms with Crippen molar-refractivity contribution in [3.63, 3.8) is 0 Å². The van der Waals surface area contributed by atoms with Crippen LogP contribution in [0.3, 0.4) is 0 Å². The van der Waals surface area contributed by atoms with Crippen LogP contribution >= 0.6 is 0 Å². The van der Waals surface area contributed by atoms with Crippen molar-refractivity contribution in [2.75, 3.05) is 26.9 Å². The van der Waals surface area contributed by atoms with Gasteiger partial charge in [-0.25, -0.2) is 0 Å². The Balaban J connectivity index is 1.57. The third kappa shape index (κ3) is 4.64. The molecule has 2 aromatic rings. The fourth-order valence-corrected chi connectivity index (χ4v) is 2.80. The Labute approximate surface area is 162 Å². The van der Waals surface area contributed by atoms with Gasteiger partial charge < -0.3 is 18.9 Å². The van der Waals surface area contributed by atoms with Crippen LogP contribution in [0.4, 0.5) is 0 Å². The fraction of sp³-hybridized carbons (Fsp3) is 0.300. The summed E-state index contributed by atoms with van der Waals surface area (Å²) in [5.74, 6) is 0.839. The summed E-state index contributed by atoms with van der Waals surface area (Å²) in [5, 5.41) is 0. The smallest absolute Gasteiger partial charge is 0.276 e. The molecule has 1 aliphatic rings. The van der Waals surface area contributed by atoms with Gasteiger partial charge >= 0.3 is 0 Å². The number of fused-ring (bicyclic) bond motifs is 1. The zero-order valence-corrected chi connectivity index (χ0v) is 16.0. The fourth-order valence-electron chi connectivity index (χ4n) is 2.80. The minimum absolute atomic E-state index is 0.229. The molecule has 1 aliphatic heterocycles. The molecule has 8 heteroatoms. The molecule has 0 saturated heterocycles. The van der Waals surface area contributed by atoms with E-state index in [9.17, 15) is 9.59 Å². The Morgan fingerprint density at radius 3 is 2.43 bits per heavy atom. The van der Waals surface area contributed by atoms with Crippen molar-refractivity contribution in [2.45, 2.75) is 13.8 Å². The van der Waals surface area contributed by atoms with Crippen LogP contribution in [0, 0.1) is 13.8 Å². The Hall–Kier alpha value is -3.42. The summed E-state index contributed by atoms with van der Waals surface area (Å²) in [4.78, 5) is 24.3. The number of aryl methyl sites for hydroxylation is 2. The molecule has 2 N–H and O–H groups in total. The highest BCUT2D eigenvalue weighted by Crippen LogP contribution is 2.40. The summed E-state index contributed by atoms with van der Waals surface area (Å²) in [5.41, 5.74) is 7.00. The predicted molar refractivity (Wildman–Crippen MR) is 101 cm³/mol. The third-order valence-electron chi connectivity index (χ3n) is 3.97. The summed E-state index contributed by atoms with van der Waals surface area (Å²) in [7, 11) is 1.47. The zero-order valence-electron chi connectivity index (χ0n) is 16.0. The number of hydrazine groups is 1. The van der Waals surface area contributed by atoms with E-state index in [2.05, 4.69) is 10.9 Å². The number of ether oxygens (including phenoxy) is 4. The first-order chi connectivity index (χ1) is 13.5. The lowest BCUT2D eigenvalue weighted by atomic mass is 10.1. The molecule has 0 aromatic heterocycles. The number of hydrogen-bond acceptors (Lipinski definition) is 6. The summed E-state index contributed by atoms with van der Waals surface area (Å²) in [6.07, 6.45) is 0. The second-order valence-corrected chi connectivity index (χ2v) is 6.32. The quantitative estimate of drug-likeness (QED) is 0.763. The highest BCUT2D eigenvalue weighted by molar-refractivity contribution is 5.96. The lowest BCUT2D eigenvalue weighted by Gasteiger charge is -2.21. The molecule has 148 valence electrons. The molecular formula is C20H22N2O6. The molecule has 0 spiro atoms. The van der Waals surface area contributed by atoms with Gasteiger partial charge in [0.25, 0.3) is 11.8 Å². The number of carbonyl (C=O) groups is 2. The first-order valence-corrected chi connectivity index (χ1v) is 8.74. The van der Waals surface area contributed by atoms with E-state index in [-0.39, 0.29) is 12.2 Å². The van der Waals surface area contributed by atoms with Crippen LogP contribution in [0.2, 0.25) is 0 Å². The van der Waals surface area contributed by atoms with Crippen LogP contribution in [0.5, 0.6) is 23.0 Å². The molecule has 0 saturated carbocycles. The molecule has 2 amide bonds. The van der Waals surface area contributed by atoms with Crippen LogP contribution in [-0.2, 0) is 4.79 Å². The van der Waals surface area contributed by atoms with Gasteiger partial charge in [-0.3, -0.25) is 20.4 Å². The Kier molecular flexibility index (Phi) is 5.88. The van der Waals surface area contributed by atoms with Gasteiger partial charge in [0.05, 0.1) is 7.11 Å². The maximum atomic E-state index is 12.3. The number of benzene rings is 2.